The summed E-state index contributed by atoms with van der Waals surface area (Å²) in [5.74, 6) is 0.212. The van der Waals surface area contributed by atoms with Gasteiger partial charge in [0.15, 0.2) is 0 Å². The van der Waals surface area contributed by atoms with Gasteiger partial charge in [0.2, 0.25) is 5.95 Å². The molecule has 0 atom stereocenters. The Morgan fingerprint density at radius 2 is 1.73 bits per heavy atom. The summed E-state index contributed by atoms with van der Waals surface area (Å²) >= 11 is 0. The van der Waals surface area contributed by atoms with E-state index in [-0.39, 0.29) is 5.95 Å². The first-order valence-electron chi connectivity index (χ1n) is 3.21. The molecule has 0 aliphatic rings. The quantitative estimate of drug-likeness (QED) is 0.554. The van der Waals surface area contributed by atoms with Crippen LogP contribution in [0.3, 0.4) is 0 Å². The van der Waals surface area contributed by atoms with Gasteiger partial charge in [-0.2, -0.15) is 0 Å². The van der Waals surface area contributed by atoms with Crippen molar-refractivity contribution >= 4 is 17.0 Å². The largest absolute Gasteiger partial charge is 0.366 e. The Morgan fingerprint density at radius 3 is 2.55 bits per heavy atom. The van der Waals surface area contributed by atoms with Crippen LogP contribution in [0.1, 0.15) is 0 Å². The third-order valence-electron chi connectivity index (χ3n) is 1.38. The number of hydrogen-bond acceptors (Lipinski definition) is 4. The van der Waals surface area contributed by atoms with Crippen LogP contribution in [0.2, 0.25) is 0 Å². The molecule has 1 heterocycles. The molecular formula is C7H6N4. The number of aromatic nitrogens is 3. The Balaban J connectivity index is 2.83. The number of benzene rings is 1. The molecular weight excluding hydrogens is 141 g/mol. The SMILES string of the molecule is [15NH2]c1nnc2ccccc2n1. The minimum atomic E-state index is 0.212. The fourth-order valence-corrected chi connectivity index (χ4v) is 0.894. The molecule has 0 aliphatic heterocycles. The first kappa shape index (κ1) is 6.03. The summed E-state index contributed by atoms with van der Waals surface area (Å²) in [6, 6.07) is 7.46. The van der Waals surface area contributed by atoms with Crippen molar-refractivity contribution in [1.29, 1.82) is 0 Å². The summed E-state index contributed by atoms with van der Waals surface area (Å²) in [5, 5.41) is 7.47. The minimum Gasteiger partial charge on any atom is -0.366 e. The van der Waals surface area contributed by atoms with Gasteiger partial charge in [0, 0.05) is 0 Å². The van der Waals surface area contributed by atoms with Crippen LogP contribution in [0, 0.1) is 0 Å². The van der Waals surface area contributed by atoms with Gasteiger partial charge in [-0.3, -0.25) is 0 Å². The highest BCUT2D eigenvalue weighted by molar-refractivity contribution is 5.73. The number of rotatable bonds is 0. The Morgan fingerprint density at radius 1 is 1.00 bits per heavy atom. The standard InChI is InChI=1S/C7H6N4/c8-7-9-5-3-1-2-4-6(5)10-11-7/h1-4H,(H2,8,9,11)/i8+1. The second-order valence-electron chi connectivity index (χ2n) is 2.16. The molecule has 1 aromatic heterocycles. The van der Waals surface area contributed by atoms with Gasteiger partial charge < -0.3 is 5.73 Å². The van der Waals surface area contributed by atoms with Crippen LogP contribution in [-0.4, -0.2) is 15.2 Å². The van der Waals surface area contributed by atoms with E-state index in [1.54, 1.807) is 0 Å². The topological polar surface area (TPSA) is 64.7 Å². The molecule has 0 spiro atoms. The molecule has 2 N–H and O–H groups in total. The van der Waals surface area contributed by atoms with E-state index in [1.807, 2.05) is 24.3 Å². The van der Waals surface area contributed by atoms with Gasteiger partial charge in [0.05, 0.1) is 5.52 Å². The van der Waals surface area contributed by atoms with Crippen molar-refractivity contribution in [3.63, 3.8) is 0 Å². The van der Waals surface area contributed by atoms with E-state index in [9.17, 15) is 0 Å². The lowest BCUT2D eigenvalue weighted by atomic mass is 10.3. The van der Waals surface area contributed by atoms with Gasteiger partial charge in [0.1, 0.15) is 5.52 Å². The molecule has 0 fully saturated rings. The smallest absolute Gasteiger partial charge is 0.240 e. The Kier molecular flexibility index (Phi) is 1.18. The maximum absolute atomic E-state index is 5.34. The Labute approximate surface area is 63.1 Å². The van der Waals surface area contributed by atoms with Crippen molar-refractivity contribution < 1.29 is 0 Å². The summed E-state index contributed by atoms with van der Waals surface area (Å²) in [4.78, 5) is 3.98. The molecule has 0 unspecified atom stereocenters. The van der Waals surface area contributed by atoms with Crippen molar-refractivity contribution in [3.05, 3.63) is 24.3 Å². The van der Waals surface area contributed by atoms with Crippen LogP contribution in [0.25, 0.3) is 11.0 Å². The predicted octanol–water partition coefficient (Wildman–Crippen LogP) is 0.607. The minimum absolute atomic E-state index is 0.212. The number of nitrogens with zero attached hydrogens (tertiary/aromatic N) is 3. The Bertz CT molecular complexity index is 385. The molecule has 0 amide bonds. The zero-order valence-corrected chi connectivity index (χ0v) is 5.73. The highest BCUT2D eigenvalue weighted by Gasteiger charge is 1.94. The number of fused-ring (bicyclic) bond motifs is 1. The summed E-state index contributed by atoms with van der Waals surface area (Å²) < 4.78 is 0. The molecule has 0 saturated heterocycles. The van der Waals surface area contributed by atoms with E-state index in [4.69, 9.17) is 5.73 Å². The maximum Gasteiger partial charge on any atom is 0.240 e. The van der Waals surface area contributed by atoms with Gasteiger partial charge in [-0.15, -0.1) is 10.2 Å². The van der Waals surface area contributed by atoms with E-state index >= 15 is 0 Å². The number of nitrogen functional groups attached to an aromatic ring is 1. The summed E-state index contributed by atoms with van der Waals surface area (Å²) in [6.45, 7) is 0. The maximum atomic E-state index is 5.34. The number of nitrogens with two attached hydrogens (primary N) is 1. The molecule has 0 aliphatic carbocycles. The van der Waals surface area contributed by atoms with E-state index in [1.165, 1.54) is 0 Å². The lowest BCUT2D eigenvalue weighted by Gasteiger charge is -1.93. The van der Waals surface area contributed by atoms with Crippen LogP contribution in [0.5, 0.6) is 0 Å². The fourth-order valence-electron chi connectivity index (χ4n) is 0.894. The molecule has 54 valence electrons. The molecule has 2 rings (SSSR count). The highest BCUT2D eigenvalue weighted by atomic mass is 15.5. The molecule has 0 bridgehead atoms. The number of anilines is 1. The molecule has 0 radical (unpaired) electrons. The highest BCUT2D eigenvalue weighted by Crippen LogP contribution is 2.06. The van der Waals surface area contributed by atoms with Crippen LogP contribution in [0.15, 0.2) is 24.3 Å². The van der Waals surface area contributed by atoms with Crippen molar-refractivity contribution in [2.45, 2.75) is 0 Å². The molecule has 11 heavy (non-hydrogen) atoms. The average molecular weight is 147 g/mol. The third-order valence-corrected chi connectivity index (χ3v) is 1.38. The van der Waals surface area contributed by atoms with Crippen molar-refractivity contribution in [3.8, 4) is 0 Å². The summed E-state index contributed by atoms with van der Waals surface area (Å²) in [7, 11) is 0. The molecule has 0 saturated carbocycles. The van der Waals surface area contributed by atoms with Crippen LogP contribution >= 0.6 is 0 Å². The van der Waals surface area contributed by atoms with E-state index in [0.717, 1.165) is 11.0 Å². The first-order chi connectivity index (χ1) is 5.36. The normalized spacial score (nSPS) is 10.2. The van der Waals surface area contributed by atoms with Gasteiger partial charge in [-0.05, 0) is 12.1 Å². The molecule has 2 aromatic rings. The van der Waals surface area contributed by atoms with Gasteiger partial charge in [-0.1, -0.05) is 12.1 Å². The third kappa shape index (κ3) is 0.980. The van der Waals surface area contributed by atoms with Crippen molar-refractivity contribution in [1.82, 2.24) is 15.2 Å². The molecule has 1 aromatic carbocycles. The number of hydrogen-bond donors (Lipinski definition) is 1. The van der Waals surface area contributed by atoms with Crippen LogP contribution in [0.4, 0.5) is 5.95 Å². The zero-order chi connectivity index (χ0) is 7.68. The summed E-state index contributed by atoms with van der Waals surface area (Å²) in [6.07, 6.45) is 0. The van der Waals surface area contributed by atoms with Crippen molar-refractivity contribution in [2.75, 3.05) is 5.73 Å². The fraction of sp³-hybridized carbons (Fsp3) is 0. The van der Waals surface area contributed by atoms with Crippen LogP contribution in [-0.2, 0) is 0 Å². The molecule has 4 nitrogen and oxygen atoms in total. The second-order valence-corrected chi connectivity index (χ2v) is 2.16. The predicted molar refractivity (Wildman–Crippen MR) is 41.7 cm³/mol. The lowest BCUT2D eigenvalue weighted by molar-refractivity contribution is 1.04. The first-order valence-corrected chi connectivity index (χ1v) is 3.21. The second kappa shape index (κ2) is 2.16. The van der Waals surface area contributed by atoms with Gasteiger partial charge in [0.25, 0.3) is 0 Å². The Hall–Kier alpha value is -1.71. The summed E-state index contributed by atoms with van der Waals surface area (Å²) in [5.41, 5.74) is 6.88. The lowest BCUT2D eigenvalue weighted by Crippen LogP contribution is -1.96. The number of para-hydroxylation sites is 1. The molecule has 4 heteroatoms. The van der Waals surface area contributed by atoms with Gasteiger partial charge >= 0.3 is 0 Å². The zero-order valence-electron chi connectivity index (χ0n) is 5.73. The van der Waals surface area contributed by atoms with E-state index < -0.39 is 0 Å². The van der Waals surface area contributed by atoms with Crippen molar-refractivity contribution in [2.24, 2.45) is 0 Å². The average Bonchev–Trinajstić information content (AvgIpc) is 2.04. The van der Waals surface area contributed by atoms with Crippen LogP contribution < -0.4 is 5.73 Å². The monoisotopic (exact) mass is 147 g/mol. The van der Waals surface area contributed by atoms with E-state index in [2.05, 4.69) is 15.2 Å². The van der Waals surface area contributed by atoms with E-state index in [0.29, 0.717) is 0 Å². The van der Waals surface area contributed by atoms with Gasteiger partial charge in [-0.25, -0.2) is 4.98 Å².